The van der Waals surface area contributed by atoms with E-state index in [-0.39, 0.29) is 18.6 Å². The second-order valence-corrected chi connectivity index (χ2v) is 5.41. The van der Waals surface area contributed by atoms with E-state index in [1.165, 1.54) is 6.07 Å². The molecule has 0 spiro atoms. The van der Waals surface area contributed by atoms with Gasteiger partial charge in [0.15, 0.2) is 0 Å². The molecule has 2 rings (SSSR count). The van der Waals surface area contributed by atoms with Crippen LogP contribution in [0.25, 0.3) is 11.0 Å². The Hall–Kier alpha value is -1.74. The van der Waals surface area contributed by atoms with Crippen LogP contribution in [0.5, 0.6) is 5.75 Å². The lowest BCUT2D eigenvalue weighted by atomic mass is 10.2. The van der Waals surface area contributed by atoms with Gasteiger partial charge in [0.05, 0.1) is 6.61 Å². The number of hydrogen-bond acceptors (Lipinski definition) is 5. The first-order chi connectivity index (χ1) is 9.23. The van der Waals surface area contributed by atoms with E-state index in [0.29, 0.717) is 11.1 Å². The van der Waals surface area contributed by atoms with Crippen LogP contribution in [-0.2, 0) is 16.5 Å². The van der Waals surface area contributed by atoms with Crippen molar-refractivity contribution in [2.75, 3.05) is 6.61 Å². The smallest absolute Gasteiger partial charge is 0.461 e. The summed E-state index contributed by atoms with van der Waals surface area (Å²) in [7, 11) is -5.70. The quantitative estimate of drug-likeness (QED) is 0.692. The largest absolute Gasteiger partial charge is 0.534 e. The summed E-state index contributed by atoms with van der Waals surface area (Å²) < 4.78 is 67.4. The summed E-state index contributed by atoms with van der Waals surface area (Å²) in [6, 6.07) is 5.08. The van der Waals surface area contributed by atoms with Crippen LogP contribution in [0.15, 0.2) is 28.7 Å². The predicted molar refractivity (Wildman–Crippen MR) is 62.6 cm³/mol. The molecule has 110 valence electrons. The minimum absolute atomic E-state index is 0.147. The molecule has 1 heterocycles. The molecule has 0 bridgehead atoms. The summed E-state index contributed by atoms with van der Waals surface area (Å²) in [5.74, 6) is -0.0712. The lowest BCUT2D eigenvalue weighted by Crippen LogP contribution is -2.27. The summed E-state index contributed by atoms with van der Waals surface area (Å²) in [6.45, 7) is -0.147. The van der Waals surface area contributed by atoms with Gasteiger partial charge in [0, 0.05) is 17.9 Å². The molecule has 0 radical (unpaired) electrons. The van der Waals surface area contributed by atoms with Crippen molar-refractivity contribution < 1.29 is 35.3 Å². The highest BCUT2D eigenvalue weighted by Crippen LogP contribution is 2.29. The van der Waals surface area contributed by atoms with Gasteiger partial charge in [-0.15, -0.1) is 0 Å². The second-order valence-electron chi connectivity index (χ2n) is 3.87. The maximum atomic E-state index is 12.2. The zero-order chi connectivity index (χ0) is 15.0. The molecule has 9 heteroatoms. The fourth-order valence-electron chi connectivity index (χ4n) is 1.53. The van der Waals surface area contributed by atoms with Gasteiger partial charge >= 0.3 is 15.6 Å². The molecule has 0 fully saturated rings. The Labute approximate surface area is 111 Å². The Morgan fingerprint density at radius 1 is 1.25 bits per heavy atom. The molecule has 0 saturated carbocycles. The Balaban J connectivity index is 2.33. The third kappa shape index (κ3) is 2.88. The van der Waals surface area contributed by atoms with Crippen LogP contribution in [0.4, 0.5) is 13.2 Å². The average molecular weight is 310 g/mol. The van der Waals surface area contributed by atoms with E-state index in [4.69, 9.17) is 9.52 Å². The van der Waals surface area contributed by atoms with Crippen molar-refractivity contribution in [2.45, 2.75) is 11.9 Å². The zero-order valence-electron chi connectivity index (χ0n) is 9.85. The van der Waals surface area contributed by atoms with Crippen molar-refractivity contribution >= 4 is 21.1 Å². The van der Waals surface area contributed by atoms with Gasteiger partial charge in [-0.25, -0.2) is 0 Å². The van der Waals surface area contributed by atoms with E-state index in [1.807, 2.05) is 0 Å². The van der Waals surface area contributed by atoms with Gasteiger partial charge < -0.3 is 13.7 Å². The topological polar surface area (TPSA) is 76.7 Å². The van der Waals surface area contributed by atoms with Gasteiger partial charge in [-0.3, -0.25) is 0 Å². The maximum Gasteiger partial charge on any atom is 0.534 e. The third-order valence-electron chi connectivity index (χ3n) is 2.39. The number of aliphatic hydroxyl groups is 1. The summed E-state index contributed by atoms with van der Waals surface area (Å²) >= 11 is 0. The molecule has 0 atom stereocenters. The van der Waals surface area contributed by atoms with Crippen molar-refractivity contribution in [3.8, 4) is 5.75 Å². The van der Waals surface area contributed by atoms with Crippen LogP contribution in [-0.4, -0.2) is 25.6 Å². The van der Waals surface area contributed by atoms with Gasteiger partial charge in [-0.1, -0.05) is 0 Å². The normalized spacial score (nSPS) is 12.8. The van der Waals surface area contributed by atoms with Crippen molar-refractivity contribution in [3.63, 3.8) is 0 Å². The molecular formula is C11H9F3O5S. The van der Waals surface area contributed by atoms with Crippen LogP contribution >= 0.6 is 0 Å². The van der Waals surface area contributed by atoms with Gasteiger partial charge in [0.1, 0.15) is 17.1 Å². The number of furan rings is 1. The molecule has 0 unspecified atom stereocenters. The van der Waals surface area contributed by atoms with E-state index in [0.717, 1.165) is 12.1 Å². The fraction of sp³-hybridized carbons (Fsp3) is 0.273. The second kappa shape index (κ2) is 4.98. The molecule has 1 aromatic heterocycles. The molecule has 2 aromatic rings. The van der Waals surface area contributed by atoms with Crippen molar-refractivity contribution in [1.82, 2.24) is 0 Å². The fourth-order valence-corrected chi connectivity index (χ4v) is 1.98. The molecule has 20 heavy (non-hydrogen) atoms. The first-order valence-electron chi connectivity index (χ1n) is 5.37. The van der Waals surface area contributed by atoms with Gasteiger partial charge in [-0.2, -0.15) is 21.6 Å². The Bertz CT molecular complexity index is 717. The lowest BCUT2D eigenvalue weighted by Gasteiger charge is -2.08. The number of benzene rings is 1. The molecule has 0 saturated heterocycles. The van der Waals surface area contributed by atoms with E-state index < -0.39 is 21.4 Å². The highest BCUT2D eigenvalue weighted by Gasteiger charge is 2.48. The molecule has 1 N–H and O–H groups in total. The molecule has 1 aromatic carbocycles. The van der Waals surface area contributed by atoms with E-state index in [1.54, 1.807) is 6.07 Å². The summed E-state index contributed by atoms with van der Waals surface area (Å²) in [6.07, 6.45) is 0.242. The summed E-state index contributed by atoms with van der Waals surface area (Å²) in [5.41, 5.74) is -5.32. The number of rotatable bonds is 4. The van der Waals surface area contributed by atoms with Gasteiger partial charge in [-0.05, 0) is 18.2 Å². The van der Waals surface area contributed by atoms with Crippen molar-refractivity contribution in [2.24, 2.45) is 0 Å². The minimum Gasteiger partial charge on any atom is -0.461 e. The van der Waals surface area contributed by atoms with Gasteiger partial charge in [0.25, 0.3) is 0 Å². The maximum absolute atomic E-state index is 12.2. The number of halogens is 3. The number of hydrogen-bond donors (Lipinski definition) is 1. The first-order valence-corrected chi connectivity index (χ1v) is 6.78. The molecule has 0 aliphatic rings. The lowest BCUT2D eigenvalue weighted by molar-refractivity contribution is -0.0500. The Kier molecular flexibility index (Phi) is 3.65. The highest BCUT2D eigenvalue weighted by atomic mass is 32.2. The standard InChI is InChI=1S/C11H9F3O5S/c12-11(13,14)20(16,17)19-9-2-1-7-5-8(3-4-15)18-10(7)6-9/h1-2,5-6,15H,3-4H2. The summed E-state index contributed by atoms with van der Waals surface area (Å²) in [4.78, 5) is 0. The highest BCUT2D eigenvalue weighted by molar-refractivity contribution is 7.88. The van der Waals surface area contributed by atoms with Crippen molar-refractivity contribution in [3.05, 3.63) is 30.0 Å². The molecular weight excluding hydrogens is 301 g/mol. The number of fused-ring (bicyclic) bond motifs is 1. The SMILES string of the molecule is O=S(=O)(Oc1ccc2cc(CCO)oc2c1)C(F)(F)F. The van der Waals surface area contributed by atoms with E-state index in [2.05, 4.69) is 4.18 Å². The molecule has 0 aliphatic heterocycles. The Morgan fingerprint density at radius 3 is 2.55 bits per heavy atom. The van der Waals surface area contributed by atoms with Crippen LogP contribution in [0.3, 0.4) is 0 Å². The van der Waals surface area contributed by atoms with Crippen LogP contribution in [0.1, 0.15) is 5.76 Å². The van der Waals surface area contributed by atoms with E-state index >= 15 is 0 Å². The third-order valence-corrected chi connectivity index (χ3v) is 3.37. The average Bonchev–Trinajstić information content (AvgIpc) is 2.69. The monoisotopic (exact) mass is 310 g/mol. The van der Waals surface area contributed by atoms with Gasteiger partial charge in [0.2, 0.25) is 0 Å². The molecule has 5 nitrogen and oxygen atoms in total. The van der Waals surface area contributed by atoms with E-state index in [9.17, 15) is 21.6 Å². The predicted octanol–water partition coefficient (Wildman–Crippen LogP) is 2.20. The van der Waals surface area contributed by atoms with Crippen LogP contribution in [0, 0.1) is 0 Å². The van der Waals surface area contributed by atoms with Crippen molar-refractivity contribution in [1.29, 1.82) is 0 Å². The Morgan fingerprint density at radius 2 is 1.95 bits per heavy atom. The molecule has 0 aliphatic carbocycles. The number of aliphatic hydroxyl groups excluding tert-OH is 1. The number of alkyl halides is 3. The first kappa shape index (κ1) is 14.7. The zero-order valence-corrected chi connectivity index (χ0v) is 10.7. The molecule has 0 amide bonds. The van der Waals surface area contributed by atoms with Crippen LogP contribution in [0.2, 0.25) is 0 Å². The summed E-state index contributed by atoms with van der Waals surface area (Å²) in [5, 5.41) is 9.31. The van der Waals surface area contributed by atoms with Crippen LogP contribution < -0.4 is 4.18 Å². The minimum atomic E-state index is -5.70.